The number of halogens is 3. The van der Waals surface area contributed by atoms with Crippen molar-refractivity contribution in [2.75, 3.05) is 23.0 Å². The number of rotatable bonds is 11. The molecule has 13 heteroatoms. The fraction of sp³-hybridized carbons (Fsp3) is 0.226. The molecule has 3 aromatic carbocycles. The van der Waals surface area contributed by atoms with E-state index in [9.17, 15) is 18.0 Å². The minimum atomic E-state index is -4.50. The van der Waals surface area contributed by atoms with Crippen molar-refractivity contribution in [1.29, 1.82) is 0 Å². The molecule has 0 spiro atoms. The van der Waals surface area contributed by atoms with Crippen LogP contribution in [0.2, 0.25) is 0 Å². The summed E-state index contributed by atoms with van der Waals surface area (Å²) in [4.78, 5) is 17.4. The number of carbonyl (C=O) groups is 1. The van der Waals surface area contributed by atoms with Crippen LogP contribution in [0.3, 0.4) is 0 Å². The van der Waals surface area contributed by atoms with E-state index in [1.165, 1.54) is 23.5 Å². The minimum absolute atomic E-state index is 0.0696. The molecule has 0 fully saturated rings. The molecule has 0 saturated heterocycles. The first-order valence-electron chi connectivity index (χ1n) is 13.6. The molecule has 2 aromatic heterocycles. The molecule has 2 N–H and O–H groups in total. The van der Waals surface area contributed by atoms with Crippen molar-refractivity contribution in [2.24, 2.45) is 0 Å². The first-order chi connectivity index (χ1) is 21.1. The fourth-order valence-electron chi connectivity index (χ4n) is 4.44. The highest BCUT2D eigenvalue weighted by Crippen LogP contribution is 2.31. The van der Waals surface area contributed by atoms with Gasteiger partial charge in [0.1, 0.15) is 11.6 Å². The maximum absolute atomic E-state index is 13.1. The van der Waals surface area contributed by atoms with Crippen LogP contribution in [0.1, 0.15) is 35.1 Å². The first kappa shape index (κ1) is 31.1. The third-order valence-electron chi connectivity index (χ3n) is 6.41. The lowest BCUT2D eigenvalue weighted by atomic mass is 10.1. The molecule has 44 heavy (non-hydrogen) atoms. The van der Waals surface area contributed by atoms with E-state index in [2.05, 4.69) is 26.9 Å². The predicted molar refractivity (Wildman–Crippen MR) is 167 cm³/mol. The van der Waals surface area contributed by atoms with Gasteiger partial charge in [-0.15, -0.1) is 21.5 Å². The maximum atomic E-state index is 13.1. The Labute approximate surface area is 260 Å². The minimum Gasteiger partial charge on any atom is -0.494 e. The van der Waals surface area contributed by atoms with E-state index in [0.717, 1.165) is 63.0 Å². The summed E-state index contributed by atoms with van der Waals surface area (Å²) in [6.07, 6.45) is -4.11. The van der Waals surface area contributed by atoms with Crippen molar-refractivity contribution in [3.63, 3.8) is 0 Å². The number of aryl methyl sites for hydroxylation is 2. The second-order valence-corrected chi connectivity index (χ2v) is 11.6. The number of benzene rings is 3. The van der Waals surface area contributed by atoms with Gasteiger partial charge in [-0.1, -0.05) is 35.5 Å². The first-order valence-corrected chi connectivity index (χ1v) is 15.5. The van der Waals surface area contributed by atoms with Crippen molar-refractivity contribution >= 4 is 45.5 Å². The lowest BCUT2D eigenvalue weighted by Crippen LogP contribution is -2.15. The van der Waals surface area contributed by atoms with E-state index in [4.69, 9.17) is 9.72 Å². The molecular formula is C31H29F3N6O2S2. The molecular weight excluding hydrogens is 610 g/mol. The Morgan fingerprint density at radius 3 is 2.55 bits per heavy atom. The van der Waals surface area contributed by atoms with Gasteiger partial charge < -0.3 is 15.4 Å². The molecule has 5 rings (SSSR count). The summed E-state index contributed by atoms with van der Waals surface area (Å²) in [5.74, 6) is 0.892. The molecule has 0 aliphatic rings. The van der Waals surface area contributed by atoms with Gasteiger partial charge in [-0.25, -0.2) is 4.98 Å². The number of alkyl halides is 3. The topological polar surface area (TPSA) is 94.0 Å². The Kier molecular flexibility index (Phi) is 9.55. The Balaban J connectivity index is 1.33. The molecule has 1 amide bonds. The van der Waals surface area contributed by atoms with Gasteiger partial charge in [0.25, 0.3) is 0 Å². The zero-order valence-electron chi connectivity index (χ0n) is 24.1. The Hall–Kier alpha value is -4.36. The van der Waals surface area contributed by atoms with Crippen LogP contribution in [0.15, 0.2) is 77.3 Å². The quantitative estimate of drug-likeness (QED) is 0.143. The van der Waals surface area contributed by atoms with E-state index in [-0.39, 0.29) is 11.4 Å². The van der Waals surface area contributed by atoms with Crippen LogP contribution >= 0.6 is 23.1 Å². The van der Waals surface area contributed by atoms with E-state index in [0.29, 0.717) is 24.0 Å². The number of ether oxygens (including phenoxy) is 1. The smallest absolute Gasteiger partial charge is 0.416 e. The van der Waals surface area contributed by atoms with Crippen LogP contribution in [-0.4, -0.2) is 38.0 Å². The van der Waals surface area contributed by atoms with Crippen LogP contribution in [-0.2, 0) is 17.4 Å². The molecule has 2 heterocycles. The summed E-state index contributed by atoms with van der Waals surface area (Å²) in [6, 6.07) is 18.2. The number of amides is 1. The SMILES string of the molecule is CCOc1ccc(Nc2nc(Cc3nnc(SCC(=O)Nc4cccc(C(F)(F)F)c4)n3-c3ccc(C)cc3C)cs2)cc1. The van der Waals surface area contributed by atoms with Gasteiger partial charge >= 0.3 is 6.18 Å². The molecule has 228 valence electrons. The van der Waals surface area contributed by atoms with Crippen molar-refractivity contribution in [3.8, 4) is 11.4 Å². The summed E-state index contributed by atoms with van der Waals surface area (Å²) in [6.45, 7) is 6.53. The molecule has 0 aliphatic heterocycles. The summed E-state index contributed by atoms with van der Waals surface area (Å²) >= 11 is 2.62. The average Bonchev–Trinajstić information content (AvgIpc) is 3.59. The van der Waals surface area contributed by atoms with Crippen LogP contribution < -0.4 is 15.4 Å². The number of thiazole rings is 1. The maximum Gasteiger partial charge on any atom is 0.416 e. The Morgan fingerprint density at radius 1 is 1.02 bits per heavy atom. The monoisotopic (exact) mass is 638 g/mol. The molecule has 0 saturated carbocycles. The number of hydrogen-bond donors (Lipinski definition) is 2. The van der Waals surface area contributed by atoms with Gasteiger partial charge in [-0.05, 0) is 74.9 Å². The summed E-state index contributed by atoms with van der Waals surface area (Å²) in [5.41, 5.74) is 3.87. The lowest BCUT2D eigenvalue weighted by Gasteiger charge is -2.13. The number of aromatic nitrogens is 4. The van der Waals surface area contributed by atoms with E-state index in [1.54, 1.807) is 0 Å². The Morgan fingerprint density at radius 2 is 1.82 bits per heavy atom. The van der Waals surface area contributed by atoms with Crippen LogP contribution in [0.4, 0.5) is 29.7 Å². The van der Waals surface area contributed by atoms with Crippen molar-refractivity contribution < 1.29 is 22.7 Å². The van der Waals surface area contributed by atoms with Crippen LogP contribution in [0.5, 0.6) is 5.75 Å². The third kappa shape index (κ3) is 7.77. The van der Waals surface area contributed by atoms with E-state index in [1.807, 2.05) is 67.1 Å². The number of nitrogens with zero attached hydrogens (tertiary/aromatic N) is 4. The molecule has 8 nitrogen and oxygen atoms in total. The number of nitrogens with one attached hydrogen (secondary N) is 2. The standard InChI is InChI=1S/C31H29F3N6O2S2/c1-4-42-25-11-9-22(10-12-25)36-29-37-24(17-43-29)16-27-38-39-30(40(27)26-13-8-19(2)14-20(26)3)44-18-28(41)35-23-7-5-6-21(15-23)31(32,33)34/h5-15,17H,4,16,18H2,1-3H3,(H,35,41)(H,36,37). The molecule has 0 unspecified atom stereocenters. The van der Waals surface area contributed by atoms with Gasteiger partial charge in [-0.3, -0.25) is 9.36 Å². The highest BCUT2D eigenvalue weighted by Gasteiger charge is 2.30. The lowest BCUT2D eigenvalue weighted by molar-refractivity contribution is -0.137. The van der Waals surface area contributed by atoms with Gasteiger partial charge in [0.15, 0.2) is 10.3 Å². The van der Waals surface area contributed by atoms with Crippen LogP contribution in [0, 0.1) is 13.8 Å². The molecule has 0 aliphatic carbocycles. The molecule has 5 aromatic rings. The Bertz CT molecular complexity index is 1750. The number of anilines is 3. The third-order valence-corrected chi connectivity index (χ3v) is 8.14. The van der Waals surface area contributed by atoms with E-state index < -0.39 is 17.6 Å². The molecule has 0 bridgehead atoms. The summed E-state index contributed by atoms with van der Waals surface area (Å²) in [5, 5.41) is 17.8. The van der Waals surface area contributed by atoms with Gasteiger partial charge in [0.05, 0.1) is 35.7 Å². The fourth-order valence-corrected chi connectivity index (χ4v) is 5.93. The highest BCUT2D eigenvalue weighted by atomic mass is 32.2. The van der Waals surface area contributed by atoms with Gasteiger partial charge in [-0.2, -0.15) is 13.2 Å². The summed E-state index contributed by atoms with van der Waals surface area (Å²) < 4.78 is 46.7. The summed E-state index contributed by atoms with van der Waals surface area (Å²) in [7, 11) is 0. The predicted octanol–water partition coefficient (Wildman–Crippen LogP) is 7.82. The second kappa shape index (κ2) is 13.5. The van der Waals surface area contributed by atoms with Gasteiger partial charge in [0.2, 0.25) is 5.91 Å². The normalized spacial score (nSPS) is 11.4. The van der Waals surface area contributed by atoms with E-state index >= 15 is 0 Å². The largest absolute Gasteiger partial charge is 0.494 e. The molecule has 0 atom stereocenters. The average molecular weight is 639 g/mol. The van der Waals surface area contributed by atoms with Crippen molar-refractivity contribution in [1.82, 2.24) is 19.7 Å². The van der Waals surface area contributed by atoms with Crippen molar-refractivity contribution in [3.05, 3.63) is 100 Å². The van der Waals surface area contributed by atoms with Gasteiger partial charge in [0, 0.05) is 16.8 Å². The number of hydrogen-bond acceptors (Lipinski definition) is 8. The van der Waals surface area contributed by atoms with Crippen molar-refractivity contribution in [2.45, 2.75) is 38.5 Å². The zero-order chi connectivity index (χ0) is 31.3. The number of thioether (sulfide) groups is 1. The highest BCUT2D eigenvalue weighted by molar-refractivity contribution is 7.99. The van der Waals surface area contributed by atoms with Crippen LogP contribution in [0.25, 0.3) is 5.69 Å². The zero-order valence-corrected chi connectivity index (χ0v) is 25.7. The molecule has 0 radical (unpaired) electrons. The second-order valence-electron chi connectivity index (χ2n) is 9.84. The number of carbonyl (C=O) groups excluding carboxylic acids is 1.